The fourth-order valence-corrected chi connectivity index (χ4v) is 4.88. The minimum Gasteiger partial charge on any atom is -0.378 e. The summed E-state index contributed by atoms with van der Waals surface area (Å²) in [6.07, 6.45) is 2.20. The van der Waals surface area contributed by atoms with Gasteiger partial charge in [0.05, 0.1) is 29.8 Å². The number of benzene rings is 2. The summed E-state index contributed by atoms with van der Waals surface area (Å²) in [4.78, 5) is 47.1. The predicted molar refractivity (Wildman–Crippen MR) is 151 cm³/mol. The molecule has 3 heterocycles. The average molecular weight is 532 g/mol. The minimum atomic E-state index is -0.712. The summed E-state index contributed by atoms with van der Waals surface area (Å²) < 4.78 is 11.9. The molecule has 1 N–H and O–H groups in total. The first-order valence-electron chi connectivity index (χ1n) is 12.9. The number of carbonyl (C=O) groups is 2. The molecule has 2 aliphatic rings. The van der Waals surface area contributed by atoms with Crippen molar-refractivity contribution in [3.05, 3.63) is 77.5 Å². The first-order chi connectivity index (χ1) is 18.9. The maximum absolute atomic E-state index is 13.4. The van der Waals surface area contributed by atoms with Gasteiger partial charge in [0.15, 0.2) is 0 Å². The van der Waals surface area contributed by atoms with Crippen molar-refractivity contribution in [2.24, 2.45) is 0 Å². The number of aromatic nitrogens is 2. The summed E-state index contributed by atoms with van der Waals surface area (Å²) >= 11 is 0. The van der Waals surface area contributed by atoms with Crippen LogP contribution in [0.3, 0.4) is 0 Å². The number of fused-ring (bicyclic) bond motifs is 2. The van der Waals surface area contributed by atoms with E-state index in [1.807, 2.05) is 19.1 Å². The van der Waals surface area contributed by atoms with Crippen LogP contribution in [0.5, 0.6) is 0 Å². The topological polar surface area (TPSA) is 106 Å². The van der Waals surface area contributed by atoms with Crippen molar-refractivity contribution in [1.82, 2.24) is 19.8 Å². The molecule has 39 heavy (non-hydrogen) atoms. The number of nitrogens with one attached hydrogen (secondary N) is 1. The van der Waals surface area contributed by atoms with Gasteiger partial charge < -0.3 is 24.6 Å². The molecule has 0 spiro atoms. The van der Waals surface area contributed by atoms with Gasteiger partial charge in [-0.1, -0.05) is 31.4 Å². The van der Waals surface area contributed by atoms with Crippen molar-refractivity contribution in [3.63, 3.8) is 0 Å². The Bertz CT molecular complexity index is 1530. The lowest BCUT2D eigenvalue weighted by Crippen LogP contribution is -2.44. The zero-order chi connectivity index (χ0) is 27.5. The zero-order valence-electron chi connectivity index (χ0n) is 21.9. The molecule has 2 aliphatic heterocycles. The number of amides is 2. The van der Waals surface area contributed by atoms with Gasteiger partial charge in [0.2, 0.25) is 0 Å². The van der Waals surface area contributed by atoms with Gasteiger partial charge in [0, 0.05) is 38.9 Å². The molecule has 10 nitrogen and oxygen atoms in total. The molecule has 0 bridgehead atoms. The molecule has 1 aromatic heterocycles. The summed E-state index contributed by atoms with van der Waals surface area (Å²) in [5, 5.41) is 2.81. The van der Waals surface area contributed by atoms with Crippen molar-refractivity contribution in [2.45, 2.75) is 13.3 Å². The van der Waals surface area contributed by atoms with Gasteiger partial charge in [-0.15, -0.1) is 0 Å². The van der Waals surface area contributed by atoms with Crippen molar-refractivity contribution < 1.29 is 20.5 Å². The lowest BCUT2D eigenvalue weighted by molar-refractivity contribution is -0.132. The number of anilines is 1. The maximum atomic E-state index is 13.4. The molecule has 3 aromatic rings. The monoisotopic (exact) mass is 531 g/mol. The Labute approximate surface area is 227 Å². The second kappa shape index (κ2) is 11.2. The van der Waals surface area contributed by atoms with Crippen LogP contribution >= 0.6 is 0 Å². The molecule has 204 valence electrons. The molecule has 2 aromatic carbocycles. The van der Waals surface area contributed by atoms with E-state index in [2.05, 4.69) is 40.5 Å². The van der Waals surface area contributed by atoms with Crippen LogP contribution in [-0.2, 0) is 25.5 Å². The number of rotatable bonds is 8. The highest BCUT2D eigenvalue weighted by Crippen LogP contribution is 2.34. The molecule has 0 aliphatic carbocycles. The molecule has 5 rings (SSSR count). The molecule has 1 fully saturated rings. The summed E-state index contributed by atoms with van der Waals surface area (Å²) in [7, 11) is 0. The van der Waals surface area contributed by atoms with Crippen LogP contribution in [0.4, 0.5) is 5.69 Å². The van der Waals surface area contributed by atoms with Crippen LogP contribution < -0.4 is 15.8 Å². The Morgan fingerprint density at radius 2 is 1.95 bits per heavy atom. The third-order valence-electron chi connectivity index (χ3n) is 6.99. The number of morpholine rings is 1. The zero-order valence-corrected chi connectivity index (χ0v) is 21.9. The fraction of sp³-hybridized carbons (Fsp3) is 0.310. The van der Waals surface area contributed by atoms with E-state index in [4.69, 9.17) is 9.47 Å². The Kier molecular flexibility index (Phi) is 7.58. The van der Waals surface area contributed by atoms with Gasteiger partial charge in [-0.25, -0.2) is 4.98 Å². The van der Waals surface area contributed by atoms with Crippen molar-refractivity contribution in [2.75, 3.05) is 51.1 Å². The second-order valence-electron chi connectivity index (χ2n) is 9.38. The number of para-hydroxylation sites is 1. The highest BCUT2D eigenvalue weighted by Gasteiger charge is 2.23. The van der Waals surface area contributed by atoms with Crippen molar-refractivity contribution in [1.29, 1.82) is 0 Å². The smallest absolute Gasteiger partial charge is 0.272 e. The Morgan fingerprint density at radius 1 is 1.15 bits per heavy atom. The molecule has 0 unspecified atom stereocenters. The van der Waals surface area contributed by atoms with E-state index in [0.29, 0.717) is 50.5 Å². The third kappa shape index (κ3) is 5.21. The van der Waals surface area contributed by atoms with Gasteiger partial charge in [0.25, 0.3) is 17.4 Å². The highest BCUT2D eigenvalue weighted by molar-refractivity contribution is 6.15. The lowest BCUT2D eigenvalue weighted by atomic mass is 9.99. The normalized spacial score (nSPS) is 14.8. The summed E-state index contributed by atoms with van der Waals surface area (Å²) in [5.41, 5.74) is 3.98. The molecule has 0 atom stereocenters. The number of nitrogens with zero attached hydrogens (tertiary/aromatic N) is 4. The standard InChI is InChI=1S/C29H31N5O5.H2/c1-4-38-18-33-11-10-22-16-21(8-9-25(22)33)23-6-5-7-24-26(23)30-17-34(29(24)37)20(3)27(35)31-19(2)28(36)32-12-14-39-15-13-32;/h5-9,16-17H,2-4,10-15,18H2,1H3,(H,31,35);1H. The molecular formula is C29H33N5O5. The van der Waals surface area contributed by atoms with E-state index >= 15 is 0 Å². The molecule has 0 radical (unpaired) electrons. The minimum absolute atomic E-state index is 0. The first-order valence-corrected chi connectivity index (χ1v) is 12.9. The van der Waals surface area contributed by atoms with Gasteiger partial charge in [-0.05, 0) is 42.7 Å². The summed E-state index contributed by atoms with van der Waals surface area (Å²) in [5.74, 6) is -1.11. The molecule has 1 saturated heterocycles. The van der Waals surface area contributed by atoms with E-state index in [1.54, 1.807) is 17.0 Å². The largest absolute Gasteiger partial charge is 0.378 e. The SMILES string of the molecule is C=C(NC(=O)C(=C)n1cnc2c(-c3ccc4c(c3)CCN4COCC)cccc2c1=O)C(=O)N1CCOCC1.[HH]. The van der Waals surface area contributed by atoms with Crippen LogP contribution in [0, 0.1) is 0 Å². The molecule has 0 saturated carbocycles. The van der Waals surface area contributed by atoms with Gasteiger partial charge in [0.1, 0.15) is 18.8 Å². The van der Waals surface area contributed by atoms with Gasteiger partial charge >= 0.3 is 0 Å². The van der Waals surface area contributed by atoms with Crippen molar-refractivity contribution >= 4 is 34.1 Å². The van der Waals surface area contributed by atoms with Crippen molar-refractivity contribution in [3.8, 4) is 11.1 Å². The van der Waals surface area contributed by atoms with Gasteiger partial charge in [-0.3, -0.25) is 19.0 Å². The van der Waals surface area contributed by atoms with Crippen LogP contribution in [0.1, 0.15) is 13.9 Å². The van der Waals surface area contributed by atoms with Crippen LogP contribution in [0.25, 0.3) is 27.7 Å². The molecule has 10 heteroatoms. The number of hydrogen-bond donors (Lipinski definition) is 1. The number of hydrogen-bond acceptors (Lipinski definition) is 7. The van der Waals surface area contributed by atoms with E-state index in [1.165, 1.54) is 11.9 Å². The maximum Gasteiger partial charge on any atom is 0.272 e. The fourth-order valence-electron chi connectivity index (χ4n) is 4.88. The number of ether oxygens (including phenoxy) is 2. The Hall–Kier alpha value is -4.28. The average Bonchev–Trinajstić information content (AvgIpc) is 3.37. The van der Waals surface area contributed by atoms with E-state index in [9.17, 15) is 14.4 Å². The van der Waals surface area contributed by atoms with E-state index in [-0.39, 0.29) is 12.8 Å². The van der Waals surface area contributed by atoms with Crippen LogP contribution in [0.2, 0.25) is 0 Å². The number of carbonyl (C=O) groups excluding carboxylic acids is 2. The quantitative estimate of drug-likeness (QED) is 0.446. The lowest BCUT2D eigenvalue weighted by Gasteiger charge is -2.27. The Balaban J connectivity index is 0.00000370. The second-order valence-corrected chi connectivity index (χ2v) is 9.38. The molecular weight excluding hydrogens is 498 g/mol. The predicted octanol–water partition coefficient (Wildman–Crippen LogP) is 2.63. The van der Waals surface area contributed by atoms with Crippen LogP contribution in [-0.4, -0.2) is 72.5 Å². The first kappa shape index (κ1) is 26.3. The third-order valence-corrected chi connectivity index (χ3v) is 6.99. The highest BCUT2D eigenvalue weighted by atomic mass is 16.5. The van der Waals surface area contributed by atoms with Crippen LogP contribution in [0.15, 0.2) is 66.4 Å². The van der Waals surface area contributed by atoms with E-state index in [0.717, 1.165) is 34.3 Å². The van der Waals surface area contributed by atoms with Gasteiger partial charge in [-0.2, -0.15) is 0 Å². The van der Waals surface area contributed by atoms with E-state index < -0.39 is 17.4 Å². The summed E-state index contributed by atoms with van der Waals surface area (Å²) in [6.45, 7) is 13.3. The Morgan fingerprint density at radius 3 is 2.72 bits per heavy atom. The summed E-state index contributed by atoms with van der Waals surface area (Å²) in [6, 6.07) is 11.6. The molecule has 2 amide bonds.